The smallest absolute Gasteiger partial charge is 0.306 e. The Morgan fingerprint density at radius 3 is 0.824 bits per heavy atom. The van der Waals surface area contributed by atoms with E-state index in [4.69, 9.17) is 14.2 Å². The summed E-state index contributed by atoms with van der Waals surface area (Å²) < 4.78 is 16.7. The molecule has 0 rings (SSSR count). The van der Waals surface area contributed by atoms with Gasteiger partial charge in [-0.25, -0.2) is 0 Å². The van der Waals surface area contributed by atoms with Crippen LogP contribution in [0.25, 0.3) is 0 Å². The van der Waals surface area contributed by atoms with Crippen molar-refractivity contribution in [1.29, 1.82) is 0 Å². The number of esters is 3. The highest BCUT2D eigenvalue weighted by molar-refractivity contribution is 5.71. The van der Waals surface area contributed by atoms with Crippen molar-refractivity contribution in [2.45, 2.75) is 252 Å². The van der Waals surface area contributed by atoms with Crippen molar-refractivity contribution < 1.29 is 28.6 Å². The van der Waals surface area contributed by atoms with E-state index in [0.29, 0.717) is 19.3 Å². The first-order valence-corrected chi connectivity index (χ1v) is 29.8. The minimum Gasteiger partial charge on any atom is -0.462 e. The SMILES string of the molecule is CC/C=C\C/C=C\C/C=C\C/C=C\C/C=C\C/C=C\CCCCCCCCCCC(=O)OCC(COC(=O)CCCCCCCC)OC(=O)CCCCCC/C=C\C/C=C\C/C=C\C/C=C\C/C=C\C/C=C\CC. The molecule has 0 fully saturated rings. The summed E-state index contributed by atoms with van der Waals surface area (Å²) in [6.07, 6.45) is 87.3. The van der Waals surface area contributed by atoms with Crippen LogP contribution in [0.15, 0.2) is 146 Å². The lowest BCUT2D eigenvalue weighted by atomic mass is 10.1. The molecule has 0 saturated heterocycles. The zero-order chi connectivity index (χ0) is 53.6. The van der Waals surface area contributed by atoms with Crippen molar-refractivity contribution in [2.75, 3.05) is 13.2 Å². The third-order valence-electron chi connectivity index (χ3n) is 12.1. The second-order valence-corrected chi connectivity index (χ2v) is 19.1. The van der Waals surface area contributed by atoms with Crippen LogP contribution < -0.4 is 0 Å². The fraction of sp³-hybridized carbons (Fsp3) is 0.603. The molecule has 6 heteroatoms. The number of carbonyl (C=O) groups is 3. The van der Waals surface area contributed by atoms with Crippen LogP contribution in [-0.4, -0.2) is 37.2 Å². The van der Waals surface area contributed by atoms with E-state index >= 15 is 0 Å². The molecule has 0 radical (unpaired) electrons. The summed E-state index contributed by atoms with van der Waals surface area (Å²) in [6.45, 7) is 6.31. The van der Waals surface area contributed by atoms with Gasteiger partial charge in [0, 0.05) is 19.3 Å². The van der Waals surface area contributed by atoms with Crippen molar-refractivity contribution in [3.63, 3.8) is 0 Å². The van der Waals surface area contributed by atoms with Crippen LogP contribution in [0.5, 0.6) is 0 Å². The largest absolute Gasteiger partial charge is 0.462 e. The summed E-state index contributed by atoms with van der Waals surface area (Å²) in [6, 6.07) is 0. The quantitative estimate of drug-likeness (QED) is 0.0261. The van der Waals surface area contributed by atoms with Crippen molar-refractivity contribution in [2.24, 2.45) is 0 Å². The number of unbranched alkanes of at least 4 members (excludes halogenated alkanes) is 17. The third-order valence-corrected chi connectivity index (χ3v) is 12.1. The highest BCUT2D eigenvalue weighted by atomic mass is 16.6. The van der Waals surface area contributed by atoms with E-state index in [1.165, 1.54) is 51.4 Å². The van der Waals surface area contributed by atoms with Crippen molar-refractivity contribution in [3.8, 4) is 0 Å². The molecule has 0 spiro atoms. The Morgan fingerprint density at radius 1 is 0.284 bits per heavy atom. The number of rotatable bonds is 52. The maximum Gasteiger partial charge on any atom is 0.306 e. The molecule has 0 heterocycles. The number of hydrogen-bond donors (Lipinski definition) is 0. The van der Waals surface area contributed by atoms with E-state index in [1.807, 2.05) is 0 Å². The van der Waals surface area contributed by atoms with E-state index < -0.39 is 6.10 Å². The lowest BCUT2D eigenvalue weighted by Gasteiger charge is -2.18. The molecule has 0 bridgehead atoms. The number of hydrogen-bond acceptors (Lipinski definition) is 6. The minimum atomic E-state index is -0.799. The first kappa shape index (κ1) is 69.3. The van der Waals surface area contributed by atoms with Gasteiger partial charge in [-0.2, -0.15) is 0 Å². The normalized spacial score (nSPS) is 13.2. The molecule has 0 aliphatic rings. The summed E-state index contributed by atoms with van der Waals surface area (Å²) in [5, 5.41) is 0. The zero-order valence-corrected chi connectivity index (χ0v) is 47.5. The number of allylic oxidation sites excluding steroid dienone is 24. The van der Waals surface area contributed by atoms with E-state index in [0.717, 1.165) is 154 Å². The Hall–Kier alpha value is -4.71. The molecule has 0 aromatic rings. The Morgan fingerprint density at radius 2 is 0.527 bits per heavy atom. The van der Waals surface area contributed by atoms with Gasteiger partial charge in [-0.15, -0.1) is 0 Å². The van der Waals surface area contributed by atoms with Gasteiger partial charge >= 0.3 is 17.9 Å². The topological polar surface area (TPSA) is 78.9 Å². The Labute approximate surface area is 455 Å². The summed E-state index contributed by atoms with van der Waals surface area (Å²) in [5.41, 5.74) is 0. The van der Waals surface area contributed by atoms with Crippen molar-refractivity contribution in [1.82, 2.24) is 0 Å². The average Bonchev–Trinajstić information content (AvgIpc) is 3.40. The molecule has 0 aliphatic heterocycles. The van der Waals surface area contributed by atoms with Crippen LogP contribution in [0.4, 0.5) is 0 Å². The Kier molecular flexibility index (Phi) is 57.0. The Bertz CT molecular complexity index is 1640. The summed E-state index contributed by atoms with van der Waals surface area (Å²) in [5.74, 6) is -0.945. The molecule has 0 amide bonds. The molecule has 0 aromatic carbocycles. The molecule has 0 aromatic heterocycles. The molecule has 0 aliphatic carbocycles. The van der Waals surface area contributed by atoms with Gasteiger partial charge in [0.25, 0.3) is 0 Å². The maximum absolute atomic E-state index is 12.8. The zero-order valence-electron chi connectivity index (χ0n) is 47.5. The van der Waals surface area contributed by atoms with Crippen molar-refractivity contribution >= 4 is 17.9 Å². The lowest BCUT2D eigenvalue weighted by Crippen LogP contribution is -2.30. The van der Waals surface area contributed by atoms with Gasteiger partial charge in [0.05, 0.1) is 0 Å². The van der Waals surface area contributed by atoms with Crippen LogP contribution in [0, 0.1) is 0 Å². The second kappa shape index (κ2) is 60.8. The van der Waals surface area contributed by atoms with E-state index in [-0.39, 0.29) is 31.1 Å². The van der Waals surface area contributed by atoms with Gasteiger partial charge in [-0.05, 0) is 122 Å². The van der Waals surface area contributed by atoms with E-state index in [2.05, 4.69) is 167 Å². The van der Waals surface area contributed by atoms with Crippen LogP contribution >= 0.6 is 0 Å². The van der Waals surface area contributed by atoms with Crippen LogP contribution in [0.1, 0.15) is 245 Å². The van der Waals surface area contributed by atoms with Gasteiger partial charge < -0.3 is 14.2 Å². The second-order valence-electron chi connectivity index (χ2n) is 19.1. The number of carbonyl (C=O) groups excluding carboxylic acids is 3. The van der Waals surface area contributed by atoms with Crippen LogP contribution in [0.2, 0.25) is 0 Å². The first-order valence-electron chi connectivity index (χ1n) is 29.8. The van der Waals surface area contributed by atoms with Gasteiger partial charge in [-0.3, -0.25) is 14.4 Å². The maximum atomic E-state index is 12.8. The summed E-state index contributed by atoms with van der Waals surface area (Å²) in [7, 11) is 0. The lowest BCUT2D eigenvalue weighted by molar-refractivity contribution is -0.167. The highest BCUT2D eigenvalue weighted by Gasteiger charge is 2.19. The molecule has 74 heavy (non-hydrogen) atoms. The molecule has 0 saturated carbocycles. The van der Waals surface area contributed by atoms with Gasteiger partial charge in [0.2, 0.25) is 0 Å². The molecule has 0 N–H and O–H groups in total. The molecule has 416 valence electrons. The van der Waals surface area contributed by atoms with Crippen molar-refractivity contribution in [3.05, 3.63) is 146 Å². The van der Waals surface area contributed by atoms with Gasteiger partial charge in [0.15, 0.2) is 6.10 Å². The summed E-state index contributed by atoms with van der Waals surface area (Å²) >= 11 is 0. The predicted molar refractivity (Wildman–Crippen MR) is 320 cm³/mol. The van der Waals surface area contributed by atoms with E-state index in [9.17, 15) is 14.4 Å². The fourth-order valence-corrected chi connectivity index (χ4v) is 7.68. The van der Waals surface area contributed by atoms with Crippen LogP contribution in [-0.2, 0) is 28.6 Å². The third kappa shape index (κ3) is 58.2. The average molecular weight is 1020 g/mol. The van der Waals surface area contributed by atoms with Gasteiger partial charge in [0.1, 0.15) is 13.2 Å². The van der Waals surface area contributed by atoms with Gasteiger partial charge in [-0.1, -0.05) is 250 Å². The fourth-order valence-electron chi connectivity index (χ4n) is 7.68. The molecule has 6 nitrogen and oxygen atoms in total. The minimum absolute atomic E-state index is 0.0962. The van der Waals surface area contributed by atoms with Crippen LogP contribution in [0.3, 0.4) is 0 Å². The van der Waals surface area contributed by atoms with E-state index in [1.54, 1.807) is 0 Å². The molecule has 1 unspecified atom stereocenters. The highest BCUT2D eigenvalue weighted by Crippen LogP contribution is 2.14. The predicted octanol–water partition coefficient (Wildman–Crippen LogP) is 20.4. The molecular weight excluding hydrogens is 913 g/mol. The monoisotopic (exact) mass is 1020 g/mol. The summed E-state index contributed by atoms with van der Waals surface area (Å²) in [4.78, 5) is 38.0. The Balaban J connectivity index is 4.24. The standard InChI is InChI=1S/C68H108O6/c1-4-7-10-13-16-18-20-22-24-26-28-30-32-33-34-35-37-38-40-42-44-46-48-50-52-55-58-61-67(70)73-64-65(63-72-66(69)60-57-54-15-12-9-6-3)74-68(71)62-59-56-53-51-49-47-45-43-41-39-36-31-29-27-25-23-21-19-17-14-11-8-5-2/h7-8,10-11,16-19,22-25,28-31,33-34,37-39,41,45,47,65H,4-6,9,12-15,20-21,26-27,32,35-36,40,42-44,46,48-64H2,1-3H3/b10-7-,11-8-,18-16-,19-17-,24-22-,25-23-,30-28-,31-29-,34-33-,38-37-,41-39-,47-45-. The number of ether oxygens (including phenoxy) is 3. The first-order chi connectivity index (χ1) is 36.5. The molecule has 1 atom stereocenters. The molecular formula is C68H108O6.